The van der Waals surface area contributed by atoms with Gasteiger partial charge in [0.05, 0.1) is 11.9 Å². The van der Waals surface area contributed by atoms with Gasteiger partial charge in [-0.05, 0) is 6.92 Å². The first-order chi connectivity index (χ1) is 9.33. The highest BCUT2D eigenvalue weighted by Crippen LogP contribution is 2.19. The highest BCUT2D eigenvalue weighted by Gasteiger charge is 2.17. The largest absolute Gasteiger partial charge is 0.312 e. The molecule has 0 aliphatic heterocycles. The molecule has 0 saturated carbocycles. The van der Waals surface area contributed by atoms with Crippen LogP contribution in [0.3, 0.4) is 0 Å². The van der Waals surface area contributed by atoms with E-state index in [1.54, 1.807) is 4.68 Å². The molecule has 0 aliphatic rings. The predicted molar refractivity (Wildman–Crippen MR) is 78.5 cm³/mol. The molecule has 0 radical (unpaired) electrons. The van der Waals surface area contributed by atoms with Gasteiger partial charge >= 0.3 is 0 Å². The van der Waals surface area contributed by atoms with Crippen LogP contribution in [0, 0.1) is 6.92 Å². The fourth-order valence-corrected chi connectivity index (χ4v) is 2.86. The van der Waals surface area contributed by atoms with E-state index < -0.39 is 10.0 Å². The van der Waals surface area contributed by atoms with Gasteiger partial charge in [-0.15, -0.1) is 11.6 Å². The molecule has 0 fully saturated rings. The number of hydrogen-bond acceptors (Lipinski definition) is 4. The minimum Gasteiger partial charge on any atom is -0.312 e. The van der Waals surface area contributed by atoms with Crippen LogP contribution >= 0.6 is 11.6 Å². The number of alkyl halides is 1. The molecule has 0 aliphatic carbocycles. The molecule has 2 aromatic heterocycles. The van der Waals surface area contributed by atoms with E-state index in [4.69, 9.17) is 11.6 Å². The number of nitrogens with zero attached hydrogens (tertiary/aromatic N) is 4. The molecule has 1 N–H and O–H groups in total. The van der Waals surface area contributed by atoms with Crippen molar-refractivity contribution >= 4 is 32.8 Å². The monoisotopic (exact) mass is 319 g/mol. The minimum atomic E-state index is -3.19. The van der Waals surface area contributed by atoms with Crippen LogP contribution in [-0.4, -0.2) is 46.4 Å². The molecule has 0 amide bonds. The second kappa shape index (κ2) is 5.71. The molecule has 2 aromatic rings. The molecule has 0 bridgehead atoms. The Morgan fingerprint density at radius 3 is 2.70 bits per heavy atom. The predicted octanol–water partition coefficient (Wildman–Crippen LogP) is 0.409. The van der Waals surface area contributed by atoms with Crippen LogP contribution in [0.1, 0.15) is 11.5 Å². The normalized spacial score (nSPS) is 12.4. The first kappa shape index (κ1) is 15.3. The highest BCUT2D eigenvalue weighted by atomic mass is 35.5. The van der Waals surface area contributed by atoms with Gasteiger partial charge in [0.25, 0.3) is 0 Å². The Morgan fingerprint density at radius 1 is 1.40 bits per heavy atom. The molecule has 7 nitrogen and oxygen atoms in total. The summed E-state index contributed by atoms with van der Waals surface area (Å²) in [6.07, 6.45) is 1.78. The number of aryl methyl sites for hydroxylation is 3. The van der Waals surface area contributed by atoms with E-state index in [1.807, 2.05) is 18.5 Å². The molecule has 0 saturated heterocycles. The zero-order valence-corrected chi connectivity index (χ0v) is 13.3. The van der Waals surface area contributed by atoms with Crippen LogP contribution in [0.4, 0.5) is 0 Å². The van der Waals surface area contributed by atoms with Crippen molar-refractivity contribution in [3.63, 3.8) is 0 Å². The number of halogens is 1. The van der Waals surface area contributed by atoms with E-state index in [-0.39, 0.29) is 0 Å². The SMILES string of the molecule is Cc1nn(C)c2c1nc(CCCl)n2CCNS(C)(=O)=O. The summed E-state index contributed by atoms with van der Waals surface area (Å²) < 4.78 is 28.5. The van der Waals surface area contributed by atoms with Gasteiger partial charge in [0.1, 0.15) is 11.3 Å². The third-order valence-electron chi connectivity index (χ3n) is 2.99. The van der Waals surface area contributed by atoms with Gasteiger partial charge in [-0.2, -0.15) is 5.10 Å². The average Bonchev–Trinajstić information content (AvgIpc) is 2.79. The molecule has 112 valence electrons. The molecule has 2 heterocycles. The number of rotatable bonds is 6. The minimum absolute atomic E-state index is 0.309. The molecule has 20 heavy (non-hydrogen) atoms. The lowest BCUT2D eigenvalue weighted by molar-refractivity contribution is 0.574. The lowest BCUT2D eigenvalue weighted by Gasteiger charge is -2.09. The van der Waals surface area contributed by atoms with Crippen LogP contribution in [-0.2, 0) is 30.0 Å². The fraction of sp³-hybridized carbons (Fsp3) is 0.636. The molecule has 0 aromatic carbocycles. The maximum Gasteiger partial charge on any atom is 0.208 e. The lowest BCUT2D eigenvalue weighted by atomic mass is 10.4. The van der Waals surface area contributed by atoms with Crippen molar-refractivity contribution in [2.75, 3.05) is 18.7 Å². The highest BCUT2D eigenvalue weighted by molar-refractivity contribution is 7.88. The summed E-state index contributed by atoms with van der Waals surface area (Å²) in [5.74, 6) is 1.32. The summed E-state index contributed by atoms with van der Waals surface area (Å²) in [4.78, 5) is 4.56. The number of hydrogen-bond donors (Lipinski definition) is 1. The van der Waals surface area contributed by atoms with Crippen LogP contribution in [0.2, 0.25) is 0 Å². The standard InChI is InChI=1S/C11H18ClN5O2S/c1-8-10-11(16(2)15-8)17(9(14-10)4-5-12)7-6-13-20(3,18)19/h13H,4-7H2,1-3H3. The van der Waals surface area contributed by atoms with Gasteiger partial charge in [0.15, 0.2) is 5.65 Å². The van der Waals surface area contributed by atoms with Gasteiger partial charge in [0.2, 0.25) is 10.0 Å². The molecule has 0 spiro atoms. The molecule has 2 rings (SSSR count). The Morgan fingerprint density at radius 2 is 2.10 bits per heavy atom. The molecule has 9 heteroatoms. The van der Waals surface area contributed by atoms with Gasteiger partial charge in [-0.1, -0.05) is 0 Å². The summed E-state index contributed by atoms with van der Waals surface area (Å²) in [7, 11) is -1.34. The molecule has 0 unspecified atom stereocenters. The first-order valence-electron chi connectivity index (χ1n) is 6.23. The van der Waals surface area contributed by atoms with Crippen LogP contribution in [0.25, 0.3) is 11.2 Å². The van der Waals surface area contributed by atoms with Gasteiger partial charge in [-0.25, -0.2) is 18.1 Å². The number of nitrogens with one attached hydrogen (secondary N) is 1. The van der Waals surface area contributed by atoms with Crippen molar-refractivity contribution in [1.82, 2.24) is 24.1 Å². The van der Waals surface area contributed by atoms with E-state index in [0.717, 1.165) is 28.9 Å². The van der Waals surface area contributed by atoms with Crippen LogP contribution < -0.4 is 4.72 Å². The summed E-state index contributed by atoms with van der Waals surface area (Å²) in [5.41, 5.74) is 2.58. The third-order valence-corrected chi connectivity index (χ3v) is 3.90. The zero-order chi connectivity index (χ0) is 14.9. The average molecular weight is 320 g/mol. The topological polar surface area (TPSA) is 81.8 Å². The Hall–Kier alpha value is -1.12. The summed E-state index contributed by atoms with van der Waals surface area (Å²) in [6, 6.07) is 0. The summed E-state index contributed by atoms with van der Waals surface area (Å²) in [6.45, 7) is 2.71. The smallest absolute Gasteiger partial charge is 0.208 e. The second-order valence-electron chi connectivity index (χ2n) is 4.67. The van der Waals surface area contributed by atoms with Crippen molar-refractivity contribution in [2.45, 2.75) is 19.9 Å². The fourth-order valence-electron chi connectivity index (χ4n) is 2.23. The van der Waals surface area contributed by atoms with Gasteiger partial charge in [-0.3, -0.25) is 4.68 Å². The first-order valence-corrected chi connectivity index (χ1v) is 8.65. The summed E-state index contributed by atoms with van der Waals surface area (Å²) in [5, 5.41) is 4.33. The third kappa shape index (κ3) is 3.13. The lowest BCUT2D eigenvalue weighted by Crippen LogP contribution is -2.26. The Bertz CT molecular complexity index is 719. The van der Waals surface area contributed by atoms with Crippen molar-refractivity contribution in [2.24, 2.45) is 7.05 Å². The quantitative estimate of drug-likeness (QED) is 0.782. The zero-order valence-electron chi connectivity index (χ0n) is 11.7. The summed E-state index contributed by atoms with van der Waals surface area (Å²) >= 11 is 5.80. The van der Waals surface area contributed by atoms with Gasteiger partial charge in [0, 0.05) is 32.4 Å². The van der Waals surface area contributed by atoms with Crippen molar-refractivity contribution in [1.29, 1.82) is 0 Å². The van der Waals surface area contributed by atoms with E-state index in [2.05, 4.69) is 14.8 Å². The molecular weight excluding hydrogens is 302 g/mol. The maximum atomic E-state index is 11.1. The van der Waals surface area contributed by atoms with Crippen molar-refractivity contribution in [3.8, 4) is 0 Å². The Kier molecular flexibility index (Phi) is 4.36. The Labute approximate surface area is 123 Å². The van der Waals surface area contributed by atoms with E-state index in [0.29, 0.717) is 25.4 Å². The number of aromatic nitrogens is 4. The van der Waals surface area contributed by atoms with E-state index >= 15 is 0 Å². The van der Waals surface area contributed by atoms with E-state index in [1.165, 1.54) is 0 Å². The van der Waals surface area contributed by atoms with Gasteiger partial charge < -0.3 is 4.57 Å². The van der Waals surface area contributed by atoms with E-state index in [9.17, 15) is 8.42 Å². The Balaban J connectivity index is 2.35. The van der Waals surface area contributed by atoms with Crippen molar-refractivity contribution in [3.05, 3.63) is 11.5 Å². The molecule has 0 atom stereocenters. The van der Waals surface area contributed by atoms with Crippen molar-refractivity contribution < 1.29 is 8.42 Å². The molecular formula is C11H18ClN5O2S. The number of imidazole rings is 1. The second-order valence-corrected chi connectivity index (χ2v) is 6.88. The number of sulfonamides is 1. The van der Waals surface area contributed by atoms with Crippen LogP contribution in [0.15, 0.2) is 0 Å². The van der Waals surface area contributed by atoms with Crippen LogP contribution in [0.5, 0.6) is 0 Å². The number of fused-ring (bicyclic) bond motifs is 1. The maximum absolute atomic E-state index is 11.1.